The van der Waals surface area contributed by atoms with Gasteiger partial charge in [-0.2, -0.15) is 0 Å². The number of Topliss-reactive ketones (excluding diaryl/α,β-unsaturated/α-hetero) is 1. The maximum Gasteiger partial charge on any atom is 0.343 e. The van der Waals surface area contributed by atoms with Gasteiger partial charge in [-0.25, -0.2) is 4.79 Å². The van der Waals surface area contributed by atoms with Crippen molar-refractivity contribution in [3.8, 4) is 0 Å². The standard InChI is InChI=1S/C9H14O4/c1-3-5-6-9(13,8(11)12)7(10)4-2/h3,13H,1,4-6H2,2H3,(H,11,12)/t9-/m0/s1. The molecule has 0 spiro atoms. The molecule has 0 rings (SSSR count). The van der Waals surface area contributed by atoms with E-state index in [2.05, 4.69) is 6.58 Å². The fourth-order valence-electron chi connectivity index (χ4n) is 0.969. The molecule has 2 N–H and O–H groups in total. The lowest BCUT2D eigenvalue weighted by atomic mass is 9.91. The molecule has 0 bridgehead atoms. The van der Waals surface area contributed by atoms with Crippen LogP contribution < -0.4 is 0 Å². The lowest BCUT2D eigenvalue weighted by Crippen LogP contribution is -2.46. The van der Waals surface area contributed by atoms with Crippen molar-refractivity contribution >= 4 is 11.8 Å². The van der Waals surface area contributed by atoms with E-state index >= 15 is 0 Å². The average molecular weight is 186 g/mol. The third-order valence-corrected chi connectivity index (χ3v) is 1.85. The highest BCUT2D eigenvalue weighted by Gasteiger charge is 2.41. The van der Waals surface area contributed by atoms with Gasteiger partial charge in [-0.05, 0) is 12.8 Å². The third-order valence-electron chi connectivity index (χ3n) is 1.85. The van der Waals surface area contributed by atoms with Gasteiger partial charge in [0, 0.05) is 6.42 Å². The Kier molecular flexibility index (Phi) is 4.34. The Bertz CT molecular complexity index is 222. The van der Waals surface area contributed by atoms with Crippen LogP contribution in [0.25, 0.3) is 0 Å². The SMILES string of the molecule is C=CCC[C@@](O)(C(=O)O)C(=O)CC. The third kappa shape index (κ3) is 2.66. The van der Waals surface area contributed by atoms with Gasteiger partial charge in [0.25, 0.3) is 0 Å². The topological polar surface area (TPSA) is 74.6 Å². The van der Waals surface area contributed by atoms with E-state index in [4.69, 9.17) is 5.11 Å². The van der Waals surface area contributed by atoms with Gasteiger partial charge >= 0.3 is 5.97 Å². The molecule has 1 atom stereocenters. The van der Waals surface area contributed by atoms with E-state index in [0.29, 0.717) is 6.42 Å². The van der Waals surface area contributed by atoms with Gasteiger partial charge in [0.2, 0.25) is 5.60 Å². The quantitative estimate of drug-likeness (QED) is 0.474. The smallest absolute Gasteiger partial charge is 0.343 e. The summed E-state index contributed by atoms with van der Waals surface area (Å²) in [4.78, 5) is 21.7. The fraction of sp³-hybridized carbons (Fsp3) is 0.556. The Morgan fingerprint density at radius 1 is 1.54 bits per heavy atom. The fourth-order valence-corrected chi connectivity index (χ4v) is 0.969. The van der Waals surface area contributed by atoms with Crippen LogP contribution in [0, 0.1) is 0 Å². The Balaban J connectivity index is 4.61. The Morgan fingerprint density at radius 3 is 2.38 bits per heavy atom. The van der Waals surface area contributed by atoms with Crippen molar-refractivity contribution in [3.05, 3.63) is 12.7 Å². The minimum Gasteiger partial charge on any atom is -0.479 e. The number of carbonyl (C=O) groups is 2. The maximum atomic E-state index is 11.1. The van der Waals surface area contributed by atoms with E-state index in [-0.39, 0.29) is 12.8 Å². The van der Waals surface area contributed by atoms with Crippen molar-refractivity contribution in [3.63, 3.8) is 0 Å². The van der Waals surface area contributed by atoms with Crippen LogP contribution >= 0.6 is 0 Å². The normalized spacial score (nSPS) is 14.6. The second kappa shape index (κ2) is 4.77. The lowest BCUT2D eigenvalue weighted by Gasteiger charge is -2.20. The highest BCUT2D eigenvalue weighted by Crippen LogP contribution is 2.16. The highest BCUT2D eigenvalue weighted by atomic mass is 16.4. The number of ketones is 1. The summed E-state index contributed by atoms with van der Waals surface area (Å²) in [5.41, 5.74) is -2.23. The highest BCUT2D eigenvalue weighted by molar-refractivity contribution is 6.06. The maximum absolute atomic E-state index is 11.1. The molecule has 4 nitrogen and oxygen atoms in total. The molecule has 0 amide bonds. The molecule has 0 fully saturated rings. The van der Waals surface area contributed by atoms with E-state index in [1.165, 1.54) is 13.0 Å². The summed E-state index contributed by atoms with van der Waals surface area (Å²) < 4.78 is 0. The summed E-state index contributed by atoms with van der Waals surface area (Å²) in [6, 6.07) is 0. The number of carbonyl (C=O) groups excluding carboxylic acids is 1. The van der Waals surface area contributed by atoms with Crippen molar-refractivity contribution in [1.29, 1.82) is 0 Å². The number of hydrogen-bond acceptors (Lipinski definition) is 3. The summed E-state index contributed by atoms with van der Waals surface area (Å²) in [6.45, 7) is 4.91. The minimum atomic E-state index is -2.23. The number of carboxylic acids is 1. The van der Waals surface area contributed by atoms with E-state index in [1.807, 2.05) is 0 Å². The lowest BCUT2D eigenvalue weighted by molar-refractivity contribution is -0.165. The molecular weight excluding hydrogens is 172 g/mol. The molecule has 0 saturated carbocycles. The van der Waals surface area contributed by atoms with Crippen molar-refractivity contribution in [2.24, 2.45) is 0 Å². The first-order valence-corrected chi connectivity index (χ1v) is 4.09. The molecule has 0 aromatic carbocycles. The van der Waals surface area contributed by atoms with Crippen LogP contribution in [0.3, 0.4) is 0 Å². The van der Waals surface area contributed by atoms with Gasteiger partial charge in [-0.1, -0.05) is 13.0 Å². The summed E-state index contributed by atoms with van der Waals surface area (Å²) in [6.07, 6.45) is 1.67. The second-order valence-electron chi connectivity index (χ2n) is 2.77. The van der Waals surface area contributed by atoms with Crippen molar-refractivity contribution in [2.75, 3.05) is 0 Å². The zero-order valence-electron chi connectivity index (χ0n) is 7.62. The monoisotopic (exact) mass is 186 g/mol. The molecule has 0 aromatic rings. The van der Waals surface area contributed by atoms with Crippen molar-refractivity contribution < 1.29 is 19.8 Å². The molecule has 0 radical (unpaired) electrons. The molecule has 13 heavy (non-hydrogen) atoms. The summed E-state index contributed by atoms with van der Waals surface area (Å²) >= 11 is 0. The molecule has 0 heterocycles. The van der Waals surface area contributed by atoms with Crippen LogP contribution in [0.15, 0.2) is 12.7 Å². The minimum absolute atomic E-state index is 0.0138. The molecule has 0 aliphatic rings. The molecule has 4 heteroatoms. The van der Waals surface area contributed by atoms with E-state index in [0.717, 1.165) is 0 Å². The first-order chi connectivity index (χ1) is 5.99. The van der Waals surface area contributed by atoms with E-state index in [9.17, 15) is 14.7 Å². The average Bonchev–Trinajstić information content (AvgIpc) is 2.12. The number of aliphatic carboxylic acids is 1. The van der Waals surface area contributed by atoms with Crippen molar-refractivity contribution in [2.45, 2.75) is 31.8 Å². The number of carboxylic acid groups (broad SMARTS) is 1. The first kappa shape index (κ1) is 11.8. The predicted octanol–water partition coefficient (Wildman–Crippen LogP) is 0.747. The Labute approximate surface area is 76.9 Å². The number of rotatable bonds is 6. The Hall–Kier alpha value is -1.16. The van der Waals surface area contributed by atoms with Gasteiger partial charge in [0.05, 0.1) is 0 Å². The summed E-state index contributed by atoms with van der Waals surface area (Å²) in [7, 11) is 0. The Morgan fingerprint density at radius 2 is 2.08 bits per heavy atom. The van der Waals surface area contributed by atoms with E-state index in [1.54, 1.807) is 0 Å². The largest absolute Gasteiger partial charge is 0.479 e. The van der Waals surface area contributed by atoms with Gasteiger partial charge < -0.3 is 10.2 Å². The van der Waals surface area contributed by atoms with Gasteiger partial charge in [-0.15, -0.1) is 6.58 Å². The zero-order valence-corrected chi connectivity index (χ0v) is 7.62. The van der Waals surface area contributed by atoms with Crippen molar-refractivity contribution in [1.82, 2.24) is 0 Å². The number of allylic oxidation sites excluding steroid dienone is 1. The molecule has 0 aliphatic carbocycles. The number of aliphatic hydroxyl groups is 1. The van der Waals surface area contributed by atoms with Gasteiger partial charge in [0.15, 0.2) is 5.78 Å². The van der Waals surface area contributed by atoms with Crippen LogP contribution in [0.4, 0.5) is 0 Å². The zero-order chi connectivity index (χ0) is 10.5. The molecule has 0 aromatic heterocycles. The van der Waals surface area contributed by atoms with Crippen LogP contribution in [0.5, 0.6) is 0 Å². The molecular formula is C9H14O4. The second-order valence-corrected chi connectivity index (χ2v) is 2.77. The first-order valence-electron chi connectivity index (χ1n) is 4.09. The molecule has 0 unspecified atom stereocenters. The molecule has 0 saturated heterocycles. The predicted molar refractivity (Wildman–Crippen MR) is 47.3 cm³/mol. The van der Waals surface area contributed by atoms with Crippen LogP contribution in [0.1, 0.15) is 26.2 Å². The number of hydrogen-bond donors (Lipinski definition) is 2. The molecule has 74 valence electrons. The van der Waals surface area contributed by atoms with Gasteiger partial charge in [-0.3, -0.25) is 4.79 Å². The van der Waals surface area contributed by atoms with E-state index < -0.39 is 17.4 Å². The van der Waals surface area contributed by atoms with Crippen LogP contribution in [-0.4, -0.2) is 27.6 Å². The summed E-state index contributed by atoms with van der Waals surface area (Å²) in [5, 5.41) is 18.1. The summed E-state index contributed by atoms with van der Waals surface area (Å²) in [5.74, 6) is -2.15. The van der Waals surface area contributed by atoms with Crippen LogP contribution in [-0.2, 0) is 9.59 Å². The molecule has 0 aliphatic heterocycles. The van der Waals surface area contributed by atoms with Crippen LogP contribution in [0.2, 0.25) is 0 Å². The van der Waals surface area contributed by atoms with Gasteiger partial charge in [0.1, 0.15) is 0 Å².